The minimum absolute atomic E-state index is 0.0468. The summed E-state index contributed by atoms with van der Waals surface area (Å²) in [6.45, 7) is 6.71. The Morgan fingerprint density at radius 1 is 1.15 bits per heavy atom. The Morgan fingerprint density at radius 3 is 2.41 bits per heavy atom. The van der Waals surface area contributed by atoms with Crippen LogP contribution in [-0.2, 0) is 21.4 Å². The first kappa shape index (κ1) is 25.5. The number of rotatable bonds is 9. The van der Waals surface area contributed by atoms with E-state index < -0.39 is 0 Å². The largest absolute Gasteiger partial charge is 0.497 e. The molecule has 0 saturated carbocycles. The summed E-state index contributed by atoms with van der Waals surface area (Å²) in [5.41, 5.74) is 2.59. The van der Waals surface area contributed by atoms with E-state index in [-0.39, 0.29) is 29.8 Å². The highest BCUT2D eigenvalue weighted by molar-refractivity contribution is 6.02. The molecule has 2 amide bonds. The van der Waals surface area contributed by atoms with Crippen LogP contribution in [-0.4, -0.2) is 65.9 Å². The van der Waals surface area contributed by atoms with Crippen molar-refractivity contribution in [2.75, 3.05) is 33.9 Å². The van der Waals surface area contributed by atoms with Gasteiger partial charge in [0.15, 0.2) is 0 Å². The van der Waals surface area contributed by atoms with Gasteiger partial charge < -0.3 is 18.9 Å². The number of amides is 2. The number of benzene rings is 1. The van der Waals surface area contributed by atoms with Crippen molar-refractivity contribution < 1.29 is 19.1 Å². The molecule has 34 heavy (non-hydrogen) atoms. The molecule has 0 N–H and O–H groups in total. The van der Waals surface area contributed by atoms with Crippen molar-refractivity contribution in [3.63, 3.8) is 0 Å². The van der Waals surface area contributed by atoms with Crippen LogP contribution in [0.5, 0.6) is 5.75 Å². The minimum atomic E-state index is -0.259. The van der Waals surface area contributed by atoms with Crippen LogP contribution >= 0.6 is 0 Å². The van der Waals surface area contributed by atoms with Gasteiger partial charge in [0.2, 0.25) is 5.91 Å². The van der Waals surface area contributed by atoms with E-state index >= 15 is 0 Å². The van der Waals surface area contributed by atoms with Crippen LogP contribution in [0.25, 0.3) is 0 Å². The fourth-order valence-corrected chi connectivity index (χ4v) is 4.04. The summed E-state index contributed by atoms with van der Waals surface area (Å²) in [5.74, 6) is 0.467. The van der Waals surface area contributed by atoms with Gasteiger partial charge in [0.1, 0.15) is 12.3 Å². The van der Waals surface area contributed by atoms with Gasteiger partial charge in [-0.2, -0.15) is 5.10 Å². The van der Waals surface area contributed by atoms with Crippen molar-refractivity contribution in [1.29, 1.82) is 0 Å². The number of ether oxygens (including phenoxy) is 2. The third-order valence-corrected chi connectivity index (χ3v) is 5.83. The molecular formula is C26H36N4O4. The average Bonchev–Trinajstić information content (AvgIpc) is 3.41. The van der Waals surface area contributed by atoms with E-state index in [0.717, 1.165) is 22.7 Å². The van der Waals surface area contributed by atoms with Gasteiger partial charge >= 0.3 is 0 Å². The molecule has 0 aliphatic carbocycles. The van der Waals surface area contributed by atoms with Crippen LogP contribution in [0.3, 0.4) is 0 Å². The van der Waals surface area contributed by atoms with Crippen LogP contribution in [0.1, 0.15) is 50.9 Å². The van der Waals surface area contributed by atoms with E-state index in [0.29, 0.717) is 26.0 Å². The molecule has 2 heterocycles. The molecule has 3 rings (SSSR count). The maximum atomic E-state index is 13.5. The topological polar surface area (TPSA) is 76.4 Å². The zero-order valence-corrected chi connectivity index (χ0v) is 21.1. The summed E-state index contributed by atoms with van der Waals surface area (Å²) in [6.07, 6.45) is 2.90. The first-order chi connectivity index (χ1) is 16.1. The number of methoxy groups -OCH3 is 2. The van der Waals surface area contributed by atoms with Crippen molar-refractivity contribution in [3.8, 4) is 5.75 Å². The molecule has 1 atom stereocenters. The van der Waals surface area contributed by atoms with Crippen LogP contribution in [0, 0.1) is 5.41 Å². The number of hydrogen-bond acceptors (Lipinski definition) is 5. The third kappa shape index (κ3) is 6.26. The van der Waals surface area contributed by atoms with Crippen LogP contribution in [0.15, 0.2) is 47.7 Å². The summed E-state index contributed by atoms with van der Waals surface area (Å²) in [7, 11) is 5.17. The summed E-state index contributed by atoms with van der Waals surface area (Å²) in [6, 6.07) is 11.4. The predicted octanol–water partition coefficient (Wildman–Crippen LogP) is 3.62. The second-order valence-corrected chi connectivity index (χ2v) is 9.83. The number of aryl methyl sites for hydroxylation is 1. The lowest BCUT2D eigenvalue weighted by Crippen LogP contribution is -2.43. The Balaban J connectivity index is 1.88. The number of hydrogen-bond donors (Lipinski definition) is 0. The van der Waals surface area contributed by atoms with Crippen molar-refractivity contribution >= 4 is 17.5 Å². The first-order valence-electron chi connectivity index (χ1n) is 11.5. The second-order valence-electron chi connectivity index (χ2n) is 9.83. The zero-order chi connectivity index (χ0) is 24.9. The van der Waals surface area contributed by atoms with Crippen molar-refractivity contribution in [2.45, 2.75) is 39.7 Å². The maximum Gasteiger partial charge on any atom is 0.262 e. The van der Waals surface area contributed by atoms with Gasteiger partial charge in [0.25, 0.3) is 5.91 Å². The Kier molecular flexibility index (Phi) is 8.15. The summed E-state index contributed by atoms with van der Waals surface area (Å²) in [5, 5.41) is 6.27. The van der Waals surface area contributed by atoms with E-state index in [2.05, 4.69) is 0 Å². The van der Waals surface area contributed by atoms with E-state index in [4.69, 9.17) is 14.6 Å². The molecule has 1 aromatic carbocycles. The van der Waals surface area contributed by atoms with Gasteiger partial charge in [-0.05, 0) is 35.2 Å². The van der Waals surface area contributed by atoms with Crippen LogP contribution < -0.4 is 4.74 Å². The molecule has 2 aromatic rings. The van der Waals surface area contributed by atoms with Gasteiger partial charge in [-0.25, -0.2) is 5.01 Å². The molecule has 0 unspecified atom stereocenters. The molecule has 0 saturated heterocycles. The van der Waals surface area contributed by atoms with E-state index in [1.54, 1.807) is 19.1 Å². The highest BCUT2D eigenvalue weighted by Crippen LogP contribution is 2.34. The van der Waals surface area contributed by atoms with Crippen molar-refractivity contribution in [1.82, 2.24) is 14.5 Å². The standard InChI is InChI=1S/C26H36N4O4/c1-26(2,3)17-24(31)29(14-15-33-5)18-25(32)30-23(19-9-11-20(34-6)12-10-19)16-21(27-30)22-8-7-13-28(22)4/h7-13,23H,14-18H2,1-6H3/t23-/m0/s1. The molecule has 0 spiro atoms. The van der Waals surface area contributed by atoms with Gasteiger partial charge in [0, 0.05) is 39.7 Å². The normalized spacial score (nSPS) is 15.9. The highest BCUT2D eigenvalue weighted by Gasteiger charge is 2.35. The van der Waals surface area contributed by atoms with Gasteiger partial charge in [-0.15, -0.1) is 0 Å². The monoisotopic (exact) mass is 468 g/mol. The van der Waals surface area contributed by atoms with E-state index in [1.165, 1.54) is 5.01 Å². The number of carbonyl (C=O) groups is 2. The molecule has 8 nitrogen and oxygen atoms in total. The SMILES string of the molecule is COCCN(CC(=O)N1N=C(c2cccn2C)C[C@H]1c1ccc(OC)cc1)C(=O)CC(C)(C)C. The number of aromatic nitrogens is 1. The Labute approximate surface area is 202 Å². The molecule has 184 valence electrons. The third-order valence-electron chi connectivity index (χ3n) is 5.83. The van der Waals surface area contributed by atoms with E-state index in [9.17, 15) is 9.59 Å². The second kappa shape index (κ2) is 10.9. The maximum absolute atomic E-state index is 13.5. The molecule has 1 aliphatic heterocycles. The molecule has 0 radical (unpaired) electrons. The van der Waals surface area contributed by atoms with E-state index in [1.807, 2.05) is 75.0 Å². The molecule has 8 heteroatoms. The van der Waals surface area contributed by atoms with Crippen LogP contribution in [0.4, 0.5) is 0 Å². The van der Waals surface area contributed by atoms with Crippen LogP contribution in [0.2, 0.25) is 0 Å². The van der Waals surface area contributed by atoms with Gasteiger partial charge in [-0.1, -0.05) is 32.9 Å². The lowest BCUT2D eigenvalue weighted by atomic mass is 9.91. The predicted molar refractivity (Wildman–Crippen MR) is 132 cm³/mol. The fraction of sp³-hybridized carbons (Fsp3) is 0.500. The summed E-state index contributed by atoms with van der Waals surface area (Å²) < 4.78 is 12.5. The lowest BCUT2D eigenvalue weighted by molar-refractivity contribution is -0.143. The van der Waals surface area contributed by atoms with Gasteiger partial charge in [-0.3, -0.25) is 9.59 Å². The summed E-state index contributed by atoms with van der Waals surface area (Å²) >= 11 is 0. The average molecular weight is 469 g/mol. The van der Waals surface area contributed by atoms with Crippen molar-refractivity contribution in [2.24, 2.45) is 17.6 Å². The molecule has 1 aliphatic rings. The Hall–Kier alpha value is -3.13. The molecule has 0 bridgehead atoms. The number of hydrazone groups is 1. The lowest BCUT2D eigenvalue weighted by Gasteiger charge is -2.29. The quantitative estimate of drug-likeness (QED) is 0.563. The Morgan fingerprint density at radius 2 is 1.85 bits per heavy atom. The Bertz CT molecular complexity index is 1020. The summed E-state index contributed by atoms with van der Waals surface area (Å²) in [4.78, 5) is 28.1. The molecule has 1 aromatic heterocycles. The number of carbonyl (C=O) groups excluding carboxylic acids is 2. The molecule has 0 fully saturated rings. The molecular weight excluding hydrogens is 432 g/mol. The van der Waals surface area contributed by atoms with Gasteiger partial charge in [0.05, 0.1) is 31.2 Å². The minimum Gasteiger partial charge on any atom is -0.497 e. The zero-order valence-electron chi connectivity index (χ0n) is 21.1. The first-order valence-corrected chi connectivity index (χ1v) is 11.5. The highest BCUT2D eigenvalue weighted by atomic mass is 16.5. The smallest absolute Gasteiger partial charge is 0.262 e. The fourth-order valence-electron chi connectivity index (χ4n) is 4.04. The van der Waals surface area contributed by atoms with Crippen molar-refractivity contribution in [3.05, 3.63) is 53.9 Å². The number of nitrogens with zero attached hydrogens (tertiary/aromatic N) is 4.